The molecule has 0 unspecified atom stereocenters. The highest BCUT2D eigenvalue weighted by Crippen LogP contribution is 2.25. The highest BCUT2D eigenvalue weighted by Gasteiger charge is 2.12. The zero-order valence-corrected chi connectivity index (χ0v) is 14.2. The zero-order chi connectivity index (χ0) is 17.5. The third-order valence-electron chi connectivity index (χ3n) is 3.33. The Labute approximate surface area is 146 Å². The lowest BCUT2D eigenvalue weighted by atomic mass is 10.1. The molecule has 0 bridgehead atoms. The number of carbonyl (C=O) groups excluding carboxylic acids is 1. The number of nitriles is 1. The van der Waals surface area contributed by atoms with Gasteiger partial charge in [-0.25, -0.2) is 0 Å². The standard InChI is InChI=1S/C19H17ClN2O2/c1-3-24-18-9-8-16(20)11-14(18)10-15(12-21)19(23)22-17-7-5-4-6-13(17)2/h4-11H,3H2,1-2H3,(H,22,23). The van der Waals surface area contributed by atoms with E-state index in [-0.39, 0.29) is 5.57 Å². The summed E-state index contributed by atoms with van der Waals surface area (Å²) in [7, 11) is 0. The Hall–Kier alpha value is -2.77. The van der Waals surface area contributed by atoms with Crippen molar-refractivity contribution in [3.05, 3.63) is 64.2 Å². The molecule has 4 nitrogen and oxygen atoms in total. The van der Waals surface area contributed by atoms with Gasteiger partial charge in [-0.05, 0) is 49.8 Å². The molecular formula is C19H17ClN2O2. The minimum atomic E-state index is -0.478. The van der Waals surface area contributed by atoms with Crippen molar-refractivity contribution in [1.29, 1.82) is 5.26 Å². The van der Waals surface area contributed by atoms with Gasteiger partial charge in [-0.1, -0.05) is 29.8 Å². The van der Waals surface area contributed by atoms with Gasteiger partial charge in [0.1, 0.15) is 17.4 Å². The number of carbonyl (C=O) groups is 1. The number of benzene rings is 2. The molecule has 0 aliphatic heterocycles. The Morgan fingerprint density at radius 1 is 1.33 bits per heavy atom. The zero-order valence-electron chi connectivity index (χ0n) is 13.5. The molecule has 1 N–H and O–H groups in total. The molecule has 0 atom stereocenters. The van der Waals surface area contributed by atoms with Gasteiger partial charge in [0, 0.05) is 16.3 Å². The van der Waals surface area contributed by atoms with E-state index in [1.54, 1.807) is 24.3 Å². The number of nitrogens with zero attached hydrogens (tertiary/aromatic N) is 1. The summed E-state index contributed by atoms with van der Waals surface area (Å²) in [4.78, 5) is 12.4. The number of rotatable bonds is 5. The molecule has 0 aliphatic carbocycles. The lowest BCUT2D eigenvalue weighted by molar-refractivity contribution is -0.112. The second-order valence-electron chi connectivity index (χ2n) is 5.05. The van der Waals surface area contributed by atoms with Crippen LogP contribution in [-0.4, -0.2) is 12.5 Å². The smallest absolute Gasteiger partial charge is 0.266 e. The van der Waals surface area contributed by atoms with Gasteiger partial charge in [-0.15, -0.1) is 0 Å². The molecule has 0 radical (unpaired) electrons. The maximum atomic E-state index is 12.4. The van der Waals surface area contributed by atoms with Crippen LogP contribution in [0.15, 0.2) is 48.0 Å². The molecule has 5 heteroatoms. The van der Waals surface area contributed by atoms with Crippen molar-refractivity contribution in [2.24, 2.45) is 0 Å². The molecular weight excluding hydrogens is 324 g/mol. The Balaban J connectivity index is 2.33. The average Bonchev–Trinajstić information content (AvgIpc) is 2.57. The lowest BCUT2D eigenvalue weighted by Gasteiger charge is -2.09. The van der Waals surface area contributed by atoms with E-state index in [4.69, 9.17) is 16.3 Å². The summed E-state index contributed by atoms with van der Waals surface area (Å²) in [5, 5.41) is 12.6. The van der Waals surface area contributed by atoms with Crippen LogP contribution in [0.5, 0.6) is 5.75 Å². The van der Waals surface area contributed by atoms with Gasteiger partial charge < -0.3 is 10.1 Å². The van der Waals surface area contributed by atoms with Crippen LogP contribution >= 0.6 is 11.6 Å². The lowest BCUT2D eigenvalue weighted by Crippen LogP contribution is -2.14. The first-order chi connectivity index (χ1) is 11.5. The number of ether oxygens (including phenoxy) is 1. The number of anilines is 1. The van der Waals surface area contributed by atoms with E-state index in [2.05, 4.69) is 5.32 Å². The van der Waals surface area contributed by atoms with E-state index in [1.165, 1.54) is 6.08 Å². The Kier molecular flexibility index (Phi) is 6.00. The Bertz CT molecular complexity index is 822. The number of nitrogens with one attached hydrogen (secondary N) is 1. The predicted molar refractivity (Wildman–Crippen MR) is 96.0 cm³/mol. The monoisotopic (exact) mass is 340 g/mol. The number of hydrogen-bond acceptors (Lipinski definition) is 3. The van der Waals surface area contributed by atoms with Crippen molar-refractivity contribution in [1.82, 2.24) is 0 Å². The van der Waals surface area contributed by atoms with Crippen LogP contribution in [0.4, 0.5) is 5.69 Å². The first kappa shape index (κ1) is 17.6. The van der Waals surface area contributed by atoms with E-state index in [0.29, 0.717) is 28.6 Å². The summed E-state index contributed by atoms with van der Waals surface area (Å²) in [5.74, 6) is 0.0903. The molecule has 24 heavy (non-hydrogen) atoms. The summed E-state index contributed by atoms with van der Waals surface area (Å²) in [6.07, 6.45) is 1.48. The van der Waals surface area contributed by atoms with Gasteiger partial charge in [-0.3, -0.25) is 4.79 Å². The highest BCUT2D eigenvalue weighted by atomic mass is 35.5. The van der Waals surface area contributed by atoms with Gasteiger partial charge in [-0.2, -0.15) is 5.26 Å². The topological polar surface area (TPSA) is 62.1 Å². The number of para-hydroxylation sites is 1. The van der Waals surface area contributed by atoms with E-state index in [1.807, 2.05) is 38.1 Å². The number of aryl methyl sites for hydroxylation is 1. The predicted octanol–water partition coefficient (Wildman–Crippen LogP) is 4.59. The van der Waals surface area contributed by atoms with Gasteiger partial charge in [0.15, 0.2) is 0 Å². The van der Waals surface area contributed by atoms with Crippen LogP contribution in [0.25, 0.3) is 6.08 Å². The molecule has 0 aliphatic rings. The highest BCUT2D eigenvalue weighted by molar-refractivity contribution is 6.30. The van der Waals surface area contributed by atoms with Crippen LogP contribution in [0.3, 0.4) is 0 Å². The van der Waals surface area contributed by atoms with E-state index in [0.717, 1.165) is 5.56 Å². The number of hydrogen-bond donors (Lipinski definition) is 1. The van der Waals surface area contributed by atoms with Crippen LogP contribution in [0.1, 0.15) is 18.1 Å². The van der Waals surface area contributed by atoms with Crippen molar-refractivity contribution >= 4 is 29.3 Å². The second kappa shape index (κ2) is 8.19. The third kappa shape index (κ3) is 4.37. The van der Waals surface area contributed by atoms with Crippen LogP contribution < -0.4 is 10.1 Å². The summed E-state index contributed by atoms with van der Waals surface area (Å²) < 4.78 is 5.51. The van der Waals surface area contributed by atoms with Crippen LogP contribution in [0.2, 0.25) is 5.02 Å². The number of amides is 1. The largest absolute Gasteiger partial charge is 0.493 e. The molecule has 0 heterocycles. The normalized spacial score (nSPS) is 10.8. The Morgan fingerprint density at radius 3 is 2.75 bits per heavy atom. The maximum Gasteiger partial charge on any atom is 0.266 e. The van der Waals surface area contributed by atoms with Crippen LogP contribution in [-0.2, 0) is 4.79 Å². The van der Waals surface area contributed by atoms with E-state index >= 15 is 0 Å². The number of halogens is 1. The quantitative estimate of drug-likeness (QED) is 0.639. The van der Waals surface area contributed by atoms with Crippen molar-refractivity contribution < 1.29 is 9.53 Å². The molecule has 2 aromatic rings. The summed E-state index contributed by atoms with van der Waals surface area (Å²) in [6, 6.07) is 14.4. The summed E-state index contributed by atoms with van der Waals surface area (Å²) in [5.41, 5.74) is 2.14. The van der Waals surface area contributed by atoms with E-state index < -0.39 is 5.91 Å². The maximum absolute atomic E-state index is 12.4. The first-order valence-corrected chi connectivity index (χ1v) is 7.84. The molecule has 2 rings (SSSR count). The molecule has 0 spiro atoms. The minimum Gasteiger partial charge on any atom is -0.493 e. The molecule has 122 valence electrons. The van der Waals surface area contributed by atoms with E-state index in [9.17, 15) is 10.1 Å². The molecule has 1 amide bonds. The molecule has 2 aromatic carbocycles. The van der Waals surface area contributed by atoms with Crippen molar-refractivity contribution in [2.75, 3.05) is 11.9 Å². The summed E-state index contributed by atoms with van der Waals surface area (Å²) in [6.45, 7) is 4.22. The van der Waals surface area contributed by atoms with Crippen LogP contribution in [0, 0.1) is 18.3 Å². The second-order valence-corrected chi connectivity index (χ2v) is 5.49. The molecule has 0 saturated heterocycles. The van der Waals surface area contributed by atoms with Gasteiger partial charge >= 0.3 is 0 Å². The molecule has 0 saturated carbocycles. The van der Waals surface area contributed by atoms with Gasteiger partial charge in [0.2, 0.25) is 0 Å². The van der Waals surface area contributed by atoms with Gasteiger partial charge in [0.05, 0.1) is 6.61 Å². The SMILES string of the molecule is CCOc1ccc(Cl)cc1C=C(C#N)C(=O)Nc1ccccc1C. The van der Waals surface area contributed by atoms with Crippen molar-refractivity contribution in [3.63, 3.8) is 0 Å². The fourth-order valence-corrected chi connectivity index (χ4v) is 2.31. The van der Waals surface area contributed by atoms with Crippen molar-refractivity contribution in [3.8, 4) is 11.8 Å². The van der Waals surface area contributed by atoms with Gasteiger partial charge in [0.25, 0.3) is 5.91 Å². The molecule has 0 fully saturated rings. The fraction of sp³-hybridized carbons (Fsp3) is 0.158. The van der Waals surface area contributed by atoms with Crippen molar-refractivity contribution in [2.45, 2.75) is 13.8 Å². The average molecular weight is 341 g/mol. The summed E-state index contributed by atoms with van der Waals surface area (Å²) >= 11 is 6.01. The first-order valence-electron chi connectivity index (χ1n) is 7.46. The third-order valence-corrected chi connectivity index (χ3v) is 3.56. The fourth-order valence-electron chi connectivity index (χ4n) is 2.13. The minimum absolute atomic E-state index is 0.0264. The Morgan fingerprint density at radius 2 is 2.08 bits per heavy atom. The molecule has 0 aromatic heterocycles.